The van der Waals surface area contributed by atoms with Crippen LogP contribution in [0.1, 0.15) is 31.0 Å². The molecule has 1 unspecified atom stereocenters. The Balaban J connectivity index is 2.72. The first kappa shape index (κ1) is 17.7. The van der Waals surface area contributed by atoms with E-state index in [1.54, 1.807) is 6.92 Å². The average molecular weight is 310 g/mol. The van der Waals surface area contributed by atoms with Crippen molar-refractivity contribution in [3.63, 3.8) is 0 Å². The number of ether oxygens (including phenoxy) is 1. The first-order valence-corrected chi connectivity index (χ1v) is 8.50. The molecule has 5 nitrogen and oxygen atoms in total. The van der Waals surface area contributed by atoms with Crippen LogP contribution in [0.2, 0.25) is 0 Å². The van der Waals surface area contributed by atoms with Gasteiger partial charge in [0.2, 0.25) is 10.0 Å². The van der Waals surface area contributed by atoms with Crippen molar-refractivity contribution < 1.29 is 13.2 Å². The van der Waals surface area contributed by atoms with Gasteiger partial charge in [0.15, 0.2) is 0 Å². The van der Waals surface area contributed by atoms with Crippen LogP contribution in [0.15, 0.2) is 24.3 Å². The van der Waals surface area contributed by atoms with Crippen molar-refractivity contribution >= 4 is 10.0 Å². The quantitative estimate of drug-likeness (QED) is 0.582. The molecule has 0 bridgehead atoms. The van der Waals surface area contributed by atoms with E-state index in [9.17, 15) is 8.42 Å². The van der Waals surface area contributed by atoms with Crippen LogP contribution in [-0.2, 0) is 14.8 Å². The highest BCUT2D eigenvalue weighted by molar-refractivity contribution is 7.89. The third-order valence-electron chi connectivity index (χ3n) is 2.78. The summed E-state index contributed by atoms with van der Waals surface area (Å²) in [5.41, 5.74) is 7.02. The highest BCUT2D eigenvalue weighted by Gasteiger charge is 2.15. The van der Waals surface area contributed by atoms with E-state index < -0.39 is 10.0 Å². The summed E-state index contributed by atoms with van der Waals surface area (Å²) in [6.45, 7) is 4.63. The number of benzene rings is 1. The molecule has 3 N–H and O–H groups in total. The molecule has 1 aromatic rings. The first-order valence-electron chi connectivity index (χ1n) is 6.85. The standard InChI is InChI=1S/C15H22N2O3S/c1-3-20-10-11-21(18,19)17-13(2)15-8-4-6-14(12-15)7-5-9-16/h4,6,8,12-13,17H,3,9-11,16H2,1-2H3. The minimum absolute atomic E-state index is 0.0438. The number of nitrogens with one attached hydrogen (secondary N) is 1. The van der Waals surface area contributed by atoms with Crippen molar-refractivity contribution in [1.29, 1.82) is 0 Å². The van der Waals surface area contributed by atoms with Gasteiger partial charge in [-0.1, -0.05) is 24.0 Å². The molecule has 1 atom stereocenters. The second-order valence-corrected chi connectivity index (χ2v) is 6.36. The van der Waals surface area contributed by atoms with Crippen molar-refractivity contribution in [1.82, 2.24) is 4.72 Å². The summed E-state index contributed by atoms with van der Waals surface area (Å²) < 4.78 is 31.5. The van der Waals surface area contributed by atoms with E-state index in [4.69, 9.17) is 10.5 Å². The van der Waals surface area contributed by atoms with Gasteiger partial charge in [0.1, 0.15) is 0 Å². The van der Waals surface area contributed by atoms with Gasteiger partial charge in [0, 0.05) is 18.2 Å². The van der Waals surface area contributed by atoms with Crippen LogP contribution in [0.3, 0.4) is 0 Å². The zero-order valence-electron chi connectivity index (χ0n) is 12.4. The van der Waals surface area contributed by atoms with Crippen molar-refractivity contribution in [3.8, 4) is 11.8 Å². The Morgan fingerprint density at radius 3 is 2.86 bits per heavy atom. The van der Waals surface area contributed by atoms with Crippen LogP contribution in [-0.4, -0.2) is 33.9 Å². The summed E-state index contributed by atoms with van der Waals surface area (Å²) in [6.07, 6.45) is 0. The van der Waals surface area contributed by atoms with Crippen LogP contribution in [0.4, 0.5) is 0 Å². The average Bonchev–Trinajstić information content (AvgIpc) is 2.45. The number of sulfonamides is 1. The Morgan fingerprint density at radius 2 is 2.19 bits per heavy atom. The SMILES string of the molecule is CCOCCS(=O)(=O)NC(C)c1cccc(C#CCN)c1. The van der Waals surface area contributed by atoms with Gasteiger partial charge >= 0.3 is 0 Å². The Labute approximate surface area is 126 Å². The molecule has 0 saturated heterocycles. The molecule has 0 aromatic heterocycles. The number of nitrogens with two attached hydrogens (primary N) is 1. The fourth-order valence-electron chi connectivity index (χ4n) is 1.75. The number of rotatable bonds is 7. The summed E-state index contributed by atoms with van der Waals surface area (Å²) in [7, 11) is -3.36. The van der Waals surface area contributed by atoms with Gasteiger partial charge in [0.05, 0.1) is 18.9 Å². The van der Waals surface area contributed by atoms with E-state index in [1.807, 2.05) is 31.2 Å². The van der Waals surface area contributed by atoms with Gasteiger partial charge < -0.3 is 10.5 Å². The Bertz CT molecular complexity index is 603. The lowest BCUT2D eigenvalue weighted by molar-refractivity contribution is 0.163. The molecule has 0 aliphatic heterocycles. The molecule has 1 rings (SSSR count). The predicted molar refractivity (Wildman–Crippen MR) is 84.2 cm³/mol. The first-order chi connectivity index (χ1) is 9.98. The lowest BCUT2D eigenvalue weighted by Crippen LogP contribution is -2.30. The van der Waals surface area contributed by atoms with Crippen molar-refractivity contribution in [2.24, 2.45) is 5.73 Å². The molecule has 1 aromatic carbocycles. The molecular formula is C15H22N2O3S. The van der Waals surface area contributed by atoms with Crippen LogP contribution in [0, 0.1) is 11.8 Å². The summed E-state index contributed by atoms with van der Waals surface area (Å²) >= 11 is 0. The Hall–Kier alpha value is -1.39. The van der Waals surface area contributed by atoms with Gasteiger partial charge in [0.25, 0.3) is 0 Å². The maximum atomic E-state index is 11.9. The van der Waals surface area contributed by atoms with Gasteiger partial charge in [-0.25, -0.2) is 13.1 Å². The monoisotopic (exact) mass is 310 g/mol. The normalized spacial score (nSPS) is 12.5. The lowest BCUT2D eigenvalue weighted by atomic mass is 10.1. The summed E-state index contributed by atoms with van der Waals surface area (Å²) in [6, 6.07) is 7.11. The molecule has 0 radical (unpaired) electrons. The molecule has 0 amide bonds. The summed E-state index contributed by atoms with van der Waals surface area (Å²) in [4.78, 5) is 0. The maximum absolute atomic E-state index is 11.9. The Morgan fingerprint density at radius 1 is 1.43 bits per heavy atom. The number of hydrogen-bond acceptors (Lipinski definition) is 4. The topological polar surface area (TPSA) is 81.4 Å². The molecule has 0 aliphatic rings. The fraction of sp³-hybridized carbons (Fsp3) is 0.467. The molecule has 116 valence electrons. The van der Waals surface area contributed by atoms with E-state index in [0.717, 1.165) is 11.1 Å². The Kier molecular flexibility index (Phi) is 7.40. The van der Waals surface area contributed by atoms with Crippen LogP contribution in [0.5, 0.6) is 0 Å². The van der Waals surface area contributed by atoms with Crippen molar-refractivity contribution in [2.45, 2.75) is 19.9 Å². The second kappa shape index (κ2) is 8.80. The van der Waals surface area contributed by atoms with Gasteiger partial charge in [-0.3, -0.25) is 0 Å². The smallest absolute Gasteiger partial charge is 0.214 e. The van der Waals surface area contributed by atoms with Crippen molar-refractivity contribution in [2.75, 3.05) is 25.5 Å². The van der Waals surface area contributed by atoms with Gasteiger partial charge in [-0.05, 0) is 31.5 Å². The van der Waals surface area contributed by atoms with Gasteiger partial charge in [-0.15, -0.1) is 0 Å². The maximum Gasteiger partial charge on any atom is 0.214 e. The number of hydrogen-bond donors (Lipinski definition) is 2. The predicted octanol–water partition coefficient (Wildman–Crippen LogP) is 1.01. The minimum atomic E-state index is -3.36. The van der Waals surface area contributed by atoms with Gasteiger partial charge in [-0.2, -0.15) is 0 Å². The molecule has 6 heteroatoms. The molecule has 0 saturated carbocycles. The van der Waals surface area contributed by atoms with E-state index in [0.29, 0.717) is 13.2 Å². The van der Waals surface area contributed by atoms with E-state index in [-0.39, 0.29) is 18.4 Å². The van der Waals surface area contributed by atoms with E-state index in [2.05, 4.69) is 16.6 Å². The molecule has 0 spiro atoms. The molecule has 0 aliphatic carbocycles. The summed E-state index contributed by atoms with van der Waals surface area (Å²) in [5.74, 6) is 5.66. The molecule has 0 fully saturated rings. The molecule has 21 heavy (non-hydrogen) atoms. The minimum Gasteiger partial charge on any atom is -0.381 e. The summed E-state index contributed by atoms with van der Waals surface area (Å²) in [5, 5.41) is 0. The third kappa shape index (κ3) is 6.74. The zero-order chi connectivity index (χ0) is 15.7. The van der Waals surface area contributed by atoms with Crippen LogP contribution >= 0.6 is 0 Å². The lowest BCUT2D eigenvalue weighted by Gasteiger charge is -2.15. The second-order valence-electron chi connectivity index (χ2n) is 4.49. The third-order valence-corrected chi connectivity index (χ3v) is 4.20. The highest BCUT2D eigenvalue weighted by atomic mass is 32.2. The molecule has 0 heterocycles. The van der Waals surface area contributed by atoms with E-state index >= 15 is 0 Å². The highest BCUT2D eigenvalue weighted by Crippen LogP contribution is 2.15. The van der Waals surface area contributed by atoms with E-state index in [1.165, 1.54) is 0 Å². The zero-order valence-corrected chi connectivity index (χ0v) is 13.2. The molecular weight excluding hydrogens is 288 g/mol. The largest absolute Gasteiger partial charge is 0.381 e. The van der Waals surface area contributed by atoms with Crippen molar-refractivity contribution in [3.05, 3.63) is 35.4 Å². The van der Waals surface area contributed by atoms with Crippen LogP contribution < -0.4 is 10.5 Å². The van der Waals surface area contributed by atoms with Crippen LogP contribution in [0.25, 0.3) is 0 Å². The fourth-order valence-corrected chi connectivity index (χ4v) is 2.88.